The van der Waals surface area contributed by atoms with Crippen LogP contribution < -0.4 is 0 Å². The van der Waals surface area contributed by atoms with Crippen molar-refractivity contribution in [3.63, 3.8) is 0 Å². The molecular formula is C14H22O4S2. The zero-order chi connectivity index (χ0) is 15.6. The van der Waals surface area contributed by atoms with E-state index in [1.807, 2.05) is 13.8 Å². The van der Waals surface area contributed by atoms with E-state index in [-0.39, 0.29) is 9.79 Å². The smallest absolute Gasteiger partial charge is 0.181 e. The lowest BCUT2D eigenvalue weighted by Gasteiger charge is -2.15. The first-order chi connectivity index (χ1) is 9.17. The van der Waals surface area contributed by atoms with Crippen LogP contribution in [0.1, 0.15) is 40.5 Å². The Labute approximate surface area is 122 Å². The average molecular weight is 318 g/mol. The first kappa shape index (κ1) is 17.2. The largest absolute Gasteiger partial charge is 0.223 e. The van der Waals surface area contributed by atoms with Crippen LogP contribution in [0.4, 0.5) is 0 Å². The Morgan fingerprint density at radius 2 is 1.35 bits per heavy atom. The van der Waals surface area contributed by atoms with Crippen LogP contribution in [0.25, 0.3) is 0 Å². The molecule has 0 fully saturated rings. The maximum atomic E-state index is 12.4. The number of hydrogen-bond donors (Lipinski definition) is 0. The number of hydrogen-bond acceptors (Lipinski definition) is 4. The highest BCUT2D eigenvalue weighted by Gasteiger charge is 2.26. The van der Waals surface area contributed by atoms with Crippen molar-refractivity contribution in [1.82, 2.24) is 0 Å². The van der Waals surface area contributed by atoms with Gasteiger partial charge in [0.2, 0.25) is 0 Å². The van der Waals surface area contributed by atoms with E-state index in [0.29, 0.717) is 12.8 Å². The third kappa shape index (κ3) is 3.23. The molecule has 0 spiro atoms. The van der Waals surface area contributed by atoms with E-state index in [2.05, 4.69) is 0 Å². The topological polar surface area (TPSA) is 68.3 Å². The molecule has 0 heterocycles. The van der Waals surface area contributed by atoms with Gasteiger partial charge in [-0.25, -0.2) is 16.8 Å². The van der Waals surface area contributed by atoms with Crippen molar-refractivity contribution in [2.45, 2.75) is 60.8 Å². The number of rotatable bonds is 6. The van der Waals surface area contributed by atoms with E-state index in [9.17, 15) is 16.8 Å². The van der Waals surface area contributed by atoms with Crippen LogP contribution in [0.5, 0.6) is 0 Å². The SMILES string of the molecule is CCC(CC)S(=O)(=O)c1cccc(S(=O)(=O)C(C)C)c1. The lowest BCUT2D eigenvalue weighted by Crippen LogP contribution is -2.20. The minimum atomic E-state index is -3.47. The highest BCUT2D eigenvalue weighted by molar-refractivity contribution is 7.92. The van der Waals surface area contributed by atoms with Gasteiger partial charge in [0.15, 0.2) is 19.7 Å². The molecule has 0 amide bonds. The van der Waals surface area contributed by atoms with E-state index in [0.717, 1.165) is 0 Å². The van der Waals surface area contributed by atoms with Gasteiger partial charge in [-0.2, -0.15) is 0 Å². The summed E-state index contributed by atoms with van der Waals surface area (Å²) in [6, 6.07) is 5.68. The lowest BCUT2D eigenvalue weighted by atomic mass is 10.3. The third-order valence-corrected chi connectivity index (χ3v) is 8.04. The summed E-state index contributed by atoms with van der Waals surface area (Å²) in [6.45, 7) is 6.80. The van der Waals surface area contributed by atoms with Gasteiger partial charge in [-0.1, -0.05) is 19.9 Å². The van der Waals surface area contributed by atoms with Gasteiger partial charge in [0.1, 0.15) is 0 Å². The van der Waals surface area contributed by atoms with Crippen LogP contribution in [0.3, 0.4) is 0 Å². The summed E-state index contributed by atoms with van der Waals surface area (Å²) in [7, 11) is -6.94. The molecule has 0 unspecified atom stereocenters. The third-order valence-electron chi connectivity index (χ3n) is 3.43. The summed E-state index contributed by atoms with van der Waals surface area (Å²) in [6.07, 6.45) is 1.03. The molecule has 0 N–H and O–H groups in total. The fraction of sp³-hybridized carbons (Fsp3) is 0.571. The molecule has 20 heavy (non-hydrogen) atoms. The van der Waals surface area contributed by atoms with Gasteiger partial charge in [-0.05, 0) is 44.9 Å². The first-order valence-electron chi connectivity index (χ1n) is 6.75. The minimum Gasteiger partial charge on any atom is -0.223 e. The van der Waals surface area contributed by atoms with Gasteiger partial charge in [-0.3, -0.25) is 0 Å². The predicted octanol–water partition coefficient (Wildman–Crippen LogP) is 2.83. The van der Waals surface area contributed by atoms with Crippen molar-refractivity contribution in [1.29, 1.82) is 0 Å². The second-order valence-electron chi connectivity index (χ2n) is 5.05. The summed E-state index contributed by atoms with van der Waals surface area (Å²) in [4.78, 5) is 0.160. The highest BCUT2D eigenvalue weighted by Crippen LogP contribution is 2.24. The molecular weight excluding hydrogens is 296 g/mol. The Morgan fingerprint density at radius 3 is 1.75 bits per heavy atom. The molecule has 0 saturated heterocycles. The van der Waals surface area contributed by atoms with E-state index in [1.165, 1.54) is 24.3 Å². The molecule has 0 saturated carbocycles. The molecule has 4 nitrogen and oxygen atoms in total. The van der Waals surface area contributed by atoms with E-state index in [1.54, 1.807) is 13.8 Å². The fourth-order valence-electron chi connectivity index (χ4n) is 2.02. The van der Waals surface area contributed by atoms with Gasteiger partial charge >= 0.3 is 0 Å². The fourth-order valence-corrected chi connectivity index (χ4v) is 5.02. The van der Waals surface area contributed by atoms with E-state index in [4.69, 9.17) is 0 Å². The zero-order valence-electron chi connectivity index (χ0n) is 12.3. The van der Waals surface area contributed by atoms with Crippen LogP contribution in [-0.2, 0) is 19.7 Å². The van der Waals surface area contributed by atoms with Crippen molar-refractivity contribution >= 4 is 19.7 Å². The molecule has 1 aromatic carbocycles. The van der Waals surface area contributed by atoms with Crippen LogP contribution >= 0.6 is 0 Å². The highest BCUT2D eigenvalue weighted by atomic mass is 32.2. The Kier molecular flexibility index (Phi) is 5.38. The molecule has 0 atom stereocenters. The van der Waals surface area contributed by atoms with E-state index < -0.39 is 30.2 Å². The molecule has 114 valence electrons. The molecule has 0 aliphatic carbocycles. The van der Waals surface area contributed by atoms with Crippen molar-refractivity contribution < 1.29 is 16.8 Å². The van der Waals surface area contributed by atoms with Crippen molar-refractivity contribution in [2.75, 3.05) is 0 Å². The lowest BCUT2D eigenvalue weighted by molar-refractivity contribution is 0.571. The summed E-state index contributed by atoms with van der Waals surface area (Å²) in [5.74, 6) is 0. The van der Waals surface area contributed by atoms with Crippen molar-refractivity contribution in [2.24, 2.45) is 0 Å². The van der Waals surface area contributed by atoms with Crippen molar-refractivity contribution in [3.05, 3.63) is 24.3 Å². The maximum absolute atomic E-state index is 12.4. The van der Waals surface area contributed by atoms with Crippen LogP contribution in [0, 0.1) is 0 Å². The Balaban J connectivity index is 3.38. The van der Waals surface area contributed by atoms with Gasteiger partial charge in [-0.15, -0.1) is 0 Å². The summed E-state index contributed by atoms with van der Waals surface area (Å²) < 4.78 is 49.1. The molecule has 0 aliphatic heterocycles. The first-order valence-corrected chi connectivity index (χ1v) is 9.85. The number of benzene rings is 1. The zero-order valence-corrected chi connectivity index (χ0v) is 14.0. The molecule has 1 rings (SSSR count). The molecule has 1 aromatic rings. The monoisotopic (exact) mass is 318 g/mol. The maximum Gasteiger partial charge on any atom is 0.181 e. The average Bonchev–Trinajstić information content (AvgIpc) is 2.39. The normalized spacial score (nSPS) is 13.1. The summed E-state index contributed by atoms with van der Waals surface area (Å²) in [5.41, 5.74) is 0. The Bertz CT molecular complexity index is 654. The Hall–Kier alpha value is -0.880. The van der Waals surface area contributed by atoms with Crippen LogP contribution in [0.2, 0.25) is 0 Å². The van der Waals surface area contributed by atoms with E-state index >= 15 is 0 Å². The second-order valence-corrected chi connectivity index (χ2v) is 9.78. The van der Waals surface area contributed by atoms with Crippen molar-refractivity contribution in [3.8, 4) is 0 Å². The molecule has 0 radical (unpaired) electrons. The van der Waals surface area contributed by atoms with Gasteiger partial charge in [0.25, 0.3) is 0 Å². The van der Waals surface area contributed by atoms with Gasteiger partial charge in [0, 0.05) is 0 Å². The van der Waals surface area contributed by atoms with Crippen LogP contribution in [-0.4, -0.2) is 27.3 Å². The minimum absolute atomic E-state index is 0.0690. The van der Waals surface area contributed by atoms with Gasteiger partial charge < -0.3 is 0 Å². The standard InChI is InChI=1S/C14H22O4S2/c1-5-12(6-2)20(17,18)14-9-7-8-13(10-14)19(15,16)11(3)4/h7-12H,5-6H2,1-4H3. The summed E-state index contributed by atoms with van der Waals surface area (Å²) in [5, 5.41) is -1.05. The Morgan fingerprint density at radius 1 is 0.900 bits per heavy atom. The molecule has 0 bridgehead atoms. The predicted molar refractivity (Wildman–Crippen MR) is 80.3 cm³/mol. The van der Waals surface area contributed by atoms with Gasteiger partial charge in [0.05, 0.1) is 20.3 Å². The van der Waals surface area contributed by atoms with Crippen LogP contribution in [0.15, 0.2) is 34.1 Å². The second kappa shape index (κ2) is 6.26. The molecule has 0 aliphatic rings. The molecule has 6 heteroatoms. The molecule has 0 aromatic heterocycles. The quantitative estimate of drug-likeness (QED) is 0.809. The summed E-state index contributed by atoms with van der Waals surface area (Å²) >= 11 is 0. The number of sulfone groups is 2.